The maximum atomic E-state index is 10.3. The van der Waals surface area contributed by atoms with Crippen LogP contribution in [0.3, 0.4) is 0 Å². The minimum absolute atomic E-state index is 0.636. The fourth-order valence-electron chi connectivity index (χ4n) is 0.354. The first-order valence-electron chi connectivity index (χ1n) is 2.48. The average molecular weight is 148 g/mol. The van der Waals surface area contributed by atoms with E-state index in [1.807, 2.05) is 0 Å². The first-order chi connectivity index (χ1) is 4.57. The van der Waals surface area contributed by atoms with Gasteiger partial charge in [0.25, 0.3) is 5.91 Å². The summed E-state index contributed by atoms with van der Waals surface area (Å²) in [5.41, 5.74) is 1.62. The summed E-state index contributed by atoms with van der Waals surface area (Å²) in [6.45, 7) is 0. The van der Waals surface area contributed by atoms with E-state index in [4.69, 9.17) is 10.2 Å². The van der Waals surface area contributed by atoms with Crippen molar-refractivity contribution in [3.05, 3.63) is 0 Å². The molecule has 0 saturated heterocycles. The molecule has 0 aliphatic heterocycles. The van der Waals surface area contributed by atoms with E-state index in [2.05, 4.69) is 5.84 Å². The van der Waals surface area contributed by atoms with E-state index in [1.165, 1.54) is 0 Å². The molecule has 0 heterocycles. The number of nitrogens with two attached hydrogens (primary N) is 1. The van der Waals surface area contributed by atoms with Crippen molar-refractivity contribution < 1.29 is 19.8 Å². The minimum atomic E-state index is -1.57. The van der Waals surface area contributed by atoms with E-state index in [9.17, 15) is 9.59 Å². The summed E-state index contributed by atoms with van der Waals surface area (Å²) in [5.74, 6) is 2.44. The lowest BCUT2D eigenvalue weighted by molar-refractivity contribution is -0.143. The molecule has 0 rings (SSSR count). The maximum absolute atomic E-state index is 10.3. The van der Waals surface area contributed by atoms with E-state index in [0.29, 0.717) is 0 Å². The Morgan fingerprint density at radius 2 is 2.10 bits per heavy atom. The van der Waals surface area contributed by atoms with Gasteiger partial charge >= 0.3 is 5.97 Å². The number of carbonyl (C=O) groups excluding carboxylic acids is 1. The van der Waals surface area contributed by atoms with E-state index in [0.717, 1.165) is 0 Å². The lowest BCUT2D eigenvalue weighted by Crippen LogP contribution is -2.40. The molecule has 1 unspecified atom stereocenters. The fraction of sp³-hybridized carbons (Fsp3) is 0.500. The second-order valence-corrected chi connectivity index (χ2v) is 1.62. The van der Waals surface area contributed by atoms with Crippen molar-refractivity contribution in [1.29, 1.82) is 0 Å². The van der Waals surface area contributed by atoms with Crippen LogP contribution in [-0.2, 0) is 9.59 Å². The highest BCUT2D eigenvalue weighted by molar-refractivity contribution is 5.84. The lowest BCUT2D eigenvalue weighted by Gasteiger charge is -2.03. The molecule has 1 atom stereocenters. The zero-order valence-electron chi connectivity index (χ0n) is 5.07. The predicted molar refractivity (Wildman–Crippen MR) is 30.6 cm³/mol. The molecule has 58 valence electrons. The molecule has 10 heavy (non-hydrogen) atoms. The zero-order chi connectivity index (χ0) is 8.15. The highest BCUT2D eigenvalue weighted by Gasteiger charge is 2.16. The van der Waals surface area contributed by atoms with Crippen LogP contribution in [0, 0.1) is 0 Å². The van der Waals surface area contributed by atoms with E-state index >= 15 is 0 Å². The Morgan fingerprint density at radius 3 is 2.40 bits per heavy atom. The third-order valence-corrected chi connectivity index (χ3v) is 0.813. The van der Waals surface area contributed by atoms with Gasteiger partial charge in [0.1, 0.15) is 6.10 Å². The van der Waals surface area contributed by atoms with Gasteiger partial charge in [0.2, 0.25) is 0 Å². The molecule has 0 aromatic carbocycles. The second-order valence-electron chi connectivity index (χ2n) is 1.62. The van der Waals surface area contributed by atoms with Crippen molar-refractivity contribution in [3.63, 3.8) is 0 Å². The van der Waals surface area contributed by atoms with Crippen molar-refractivity contribution in [2.45, 2.75) is 12.5 Å². The average Bonchev–Trinajstić information content (AvgIpc) is 1.85. The largest absolute Gasteiger partial charge is 0.481 e. The first kappa shape index (κ1) is 8.86. The van der Waals surface area contributed by atoms with Crippen molar-refractivity contribution in [1.82, 2.24) is 5.43 Å². The minimum Gasteiger partial charge on any atom is -0.481 e. The first-order valence-corrected chi connectivity index (χ1v) is 2.48. The summed E-state index contributed by atoms with van der Waals surface area (Å²) < 4.78 is 0. The van der Waals surface area contributed by atoms with Gasteiger partial charge in [-0.15, -0.1) is 0 Å². The summed E-state index contributed by atoms with van der Waals surface area (Å²) in [6.07, 6.45) is -2.20. The van der Waals surface area contributed by atoms with Crippen molar-refractivity contribution in [3.8, 4) is 0 Å². The standard InChI is InChI=1S/C4H8N2O4/c5-6-4(10)2(7)1-3(8)9/h2,7H,1,5H2,(H,6,10)(H,8,9). The molecule has 0 aliphatic carbocycles. The van der Waals surface area contributed by atoms with Gasteiger partial charge in [0, 0.05) is 0 Å². The van der Waals surface area contributed by atoms with Gasteiger partial charge in [0.05, 0.1) is 6.42 Å². The molecule has 0 aromatic rings. The number of aliphatic hydroxyl groups excluding tert-OH is 1. The lowest BCUT2D eigenvalue weighted by atomic mass is 10.2. The van der Waals surface area contributed by atoms with Gasteiger partial charge < -0.3 is 10.2 Å². The number of nitrogens with one attached hydrogen (secondary N) is 1. The van der Waals surface area contributed by atoms with Crippen molar-refractivity contribution >= 4 is 11.9 Å². The van der Waals surface area contributed by atoms with Crippen LogP contribution in [0.1, 0.15) is 6.42 Å². The number of aliphatic hydroxyl groups is 1. The van der Waals surface area contributed by atoms with Gasteiger partial charge in [-0.25, -0.2) is 5.84 Å². The zero-order valence-corrected chi connectivity index (χ0v) is 5.07. The molecule has 1 amide bonds. The molecule has 6 nitrogen and oxygen atoms in total. The summed E-state index contributed by atoms with van der Waals surface area (Å²) >= 11 is 0. The van der Waals surface area contributed by atoms with Gasteiger partial charge in [-0.3, -0.25) is 15.0 Å². The number of carboxylic acid groups (broad SMARTS) is 1. The third kappa shape index (κ3) is 3.00. The molecule has 5 N–H and O–H groups in total. The topological polar surface area (TPSA) is 113 Å². The summed E-state index contributed by atoms with van der Waals surface area (Å²) in [5, 5.41) is 16.7. The van der Waals surface area contributed by atoms with Gasteiger partial charge in [0.15, 0.2) is 0 Å². The number of carbonyl (C=O) groups is 2. The Labute approximate surface area is 56.6 Å². The number of hydrogen-bond acceptors (Lipinski definition) is 4. The molecule has 0 radical (unpaired) electrons. The Kier molecular flexibility index (Phi) is 3.37. The van der Waals surface area contributed by atoms with Crippen LogP contribution in [0.25, 0.3) is 0 Å². The summed E-state index contributed by atoms with van der Waals surface area (Å²) in [6, 6.07) is 0. The summed E-state index contributed by atoms with van der Waals surface area (Å²) in [4.78, 5) is 20.1. The fourth-order valence-corrected chi connectivity index (χ4v) is 0.354. The smallest absolute Gasteiger partial charge is 0.306 e. The summed E-state index contributed by atoms with van der Waals surface area (Å²) in [7, 11) is 0. The number of aliphatic carboxylic acids is 1. The molecular formula is C4H8N2O4. The Morgan fingerprint density at radius 1 is 1.60 bits per heavy atom. The predicted octanol–water partition coefficient (Wildman–Crippen LogP) is -2.19. The quantitative estimate of drug-likeness (QED) is 0.206. The van der Waals surface area contributed by atoms with Crippen LogP contribution in [0.5, 0.6) is 0 Å². The number of rotatable bonds is 3. The molecule has 6 heteroatoms. The Balaban J connectivity index is 3.72. The number of hydrazine groups is 1. The maximum Gasteiger partial charge on any atom is 0.306 e. The van der Waals surface area contributed by atoms with E-state index < -0.39 is 24.4 Å². The molecule has 0 spiro atoms. The van der Waals surface area contributed by atoms with Crippen LogP contribution >= 0.6 is 0 Å². The molecule has 0 saturated carbocycles. The molecule has 0 bridgehead atoms. The third-order valence-electron chi connectivity index (χ3n) is 0.813. The molecular weight excluding hydrogens is 140 g/mol. The molecule has 0 fully saturated rings. The van der Waals surface area contributed by atoms with Crippen LogP contribution < -0.4 is 11.3 Å². The van der Waals surface area contributed by atoms with Gasteiger partial charge in [-0.05, 0) is 0 Å². The molecule has 0 aliphatic rings. The van der Waals surface area contributed by atoms with E-state index in [1.54, 1.807) is 5.43 Å². The van der Waals surface area contributed by atoms with Crippen molar-refractivity contribution in [2.75, 3.05) is 0 Å². The van der Waals surface area contributed by atoms with E-state index in [-0.39, 0.29) is 0 Å². The second kappa shape index (κ2) is 3.80. The van der Waals surface area contributed by atoms with Gasteiger partial charge in [-0.2, -0.15) is 0 Å². The van der Waals surface area contributed by atoms with Crippen molar-refractivity contribution in [2.24, 2.45) is 5.84 Å². The van der Waals surface area contributed by atoms with Crippen LogP contribution in [0.4, 0.5) is 0 Å². The Hall–Kier alpha value is -1.14. The van der Waals surface area contributed by atoms with Crippen LogP contribution in [0.2, 0.25) is 0 Å². The number of carboxylic acids is 1. The van der Waals surface area contributed by atoms with Crippen LogP contribution in [-0.4, -0.2) is 28.2 Å². The van der Waals surface area contributed by atoms with Gasteiger partial charge in [-0.1, -0.05) is 0 Å². The number of hydrogen-bond donors (Lipinski definition) is 4. The van der Waals surface area contributed by atoms with Crippen LogP contribution in [0.15, 0.2) is 0 Å². The monoisotopic (exact) mass is 148 g/mol. The Bertz CT molecular complexity index is 146. The molecule has 0 aromatic heterocycles. The SMILES string of the molecule is NNC(=O)C(O)CC(=O)O. The highest BCUT2D eigenvalue weighted by atomic mass is 16.4. The highest BCUT2D eigenvalue weighted by Crippen LogP contribution is 1.89. The number of amides is 1. The normalized spacial score (nSPS) is 12.2.